The van der Waals surface area contributed by atoms with Gasteiger partial charge in [0.15, 0.2) is 0 Å². The number of hydrogen-bond donors (Lipinski definition) is 1. The second kappa shape index (κ2) is 13.6. The van der Waals surface area contributed by atoms with Crippen molar-refractivity contribution in [3.05, 3.63) is 66.0 Å². The SMILES string of the molecule is O=C(NCCCN1CCOCC1)[C@@H]1C[C@H](COc2cccc(F)c2)CN(CCc2ccccc2)C1. The number of amides is 1. The molecule has 2 heterocycles. The van der Waals surface area contributed by atoms with Crippen molar-refractivity contribution >= 4 is 5.91 Å². The Bertz CT molecular complexity index is 907. The maximum atomic E-state index is 13.5. The minimum atomic E-state index is -0.301. The maximum Gasteiger partial charge on any atom is 0.224 e. The Morgan fingerprint density at radius 2 is 1.86 bits per heavy atom. The van der Waals surface area contributed by atoms with Crippen LogP contribution in [0.4, 0.5) is 4.39 Å². The van der Waals surface area contributed by atoms with E-state index >= 15 is 0 Å². The van der Waals surface area contributed by atoms with E-state index in [2.05, 4.69) is 39.4 Å². The molecular formula is C28H38FN3O3. The summed E-state index contributed by atoms with van der Waals surface area (Å²) in [6.07, 6.45) is 2.68. The first kappa shape index (κ1) is 25.6. The fourth-order valence-corrected chi connectivity index (χ4v) is 4.98. The van der Waals surface area contributed by atoms with Crippen LogP contribution in [0.15, 0.2) is 54.6 Å². The van der Waals surface area contributed by atoms with E-state index in [9.17, 15) is 9.18 Å². The average Bonchev–Trinajstić information content (AvgIpc) is 2.90. The number of benzene rings is 2. The number of ether oxygens (including phenoxy) is 2. The van der Waals surface area contributed by atoms with Crippen LogP contribution in [-0.4, -0.2) is 81.3 Å². The maximum absolute atomic E-state index is 13.5. The lowest BCUT2D eigenvalue weighted by Gasteiger charge is -2.37. The van der Waals surface area contributed by atoms with Crippen LogP contribution in [0.5, 0.6) is 5.75 Å². The van der Waals surface area contributed by atoms with Gasteiger partial charge in [0.05, 0.1) is 25.7 Å². The summed E-state index contributed by atoms with van der Waals surface area (Å²) in [5.41, 5.74) is 1.30. The number of halogens is 1. The summed E-state index contributed by atoms with van der Waals surface area (Å²) in [4.78, 5) is 17.8. The molecule has 4 rings (SSSR count). The van der Waals surface area contributed by atoms with Gasteiger partial charge in [-0.1, -0.05) is 36.4 Å². The molecule has 0 radical (unpaired) electrons. The van der Waals surface area contributed by atoms with E-state index in [1.54, 1.807) is 12.1 Å². The second-order valence-electron chi connectivity index (χ2n) is 9.66. The molecule has 1 amide bonds. The van der Waals surface area contributed by atoms with Gasteiger partial charge in [0.25, 0.3) is 0 Å². The molecule has 35 heavy (non-hydrogen) atoms. The van der Waals surface area contributed by atoms with Crippen LogP contribution in [0.25, 0.3) is 0 Å². The van der Waals surface area contributed by atoms with E-state index in [4.69, 9.17) is 9.47 Å². The van der Waals surface area contributed by atoms with Gasteiger partial charge in [-0.05, 0) is 43.5 Å². The molecule has 0 spiro atoms. The van der Waals surface area contributed by atoms with Crippen LogP contribution in [0.1, 0.15) is 18.4 Å². The lowest BCUT2D eigenvalue weighted by molar-refractivity contribution is -0.127. The van der Waals surface area contributed by atoms with Crippen LogP contribution < -0.4 is 10.1 Å². The molecule has 0 bridgehead atoms. The Morgan fingerprint density at radius 3 is 2.66 bits per heavy atom. The van der Waals surface area contributed by atoms with Gasteiger partial charge >= 0.3 is 0 Å². The topological polar surface area (TPSA) is 54.0 Å². The lowest BCUT2D eigenvalue weighted by Crippen LogP contribution is -2.48. The summed E-state index contributed by atoms with van der Waals surface area (Å²) in [7, 11) is 0. The third kappa shape index (κ3) is 8.60. The van der Waals surface area contributed by atoms with Crippen molar-refractivity contribution in [2.75, 3.05) is 65.6 Å². The third-order valence-electron chi connectivity index (χ3n) is 6.88. The molecule has 1 N–H and O–H groups in total. The zero-order valence-corrected chi connectivity index (χ0v) is 20.5. The summed E-state index contributed by atoms with van der Waals surface area (Å²) in [5.74, 6) is 0.517. The smallest absolute Gasteiger partial charge is 0.224 e. The molecule has 2 saturated heterocycles. The number of piperidine rings is 1. The van der Waals surface area contributed by atoms with Crippen molar-refractivity contribution in [2.45, 2.75) is 19.3 Å². The molecule has 7 heteroatoms. The highest BCUT2D eigenvalue weighted by Crippen LogP contribution is 2.24. The number of hydrogen-bond acceptors (Lipinski definition) is 5. The zero-order valence-electron chi connectivity index (χ0n) is 20.5. The Labute approximate surface area is 208 Å². The van der Waals surface area contributed by atoms with Crippen LogP contribution >= 0.6 is 0 Å². The van der Waals surface area contributed by atoms with Gasteiger partial charge in [0.2, 0.25) is 5.91 Å². The van der Waals surface area contributed by atoms with Crippen molar-refractivity contribution in [1.29, 1.82) is 0 Å². The molecule has 2 aliphatic heterocycles. The summed E-state index contributed by atoms with van der Waals surface area (Å²) in [5, 5.41) is 3.17. The largest absolute Gasteiger partial charge is 0.493 e. The van der Waals surface area contributed by atoms with Crippen LogP contribution in [0, 0.1) is 17.7 Å². The molecule has 2 fully saturated rings. The number of likely N-dealkylation sites (tertiary alicyclic amines) is 1. The second-order valence-corrected chi connectivity index (χ2v) is 9.66. The Hall–Kier alpha value is -2.48. The van der Waals surface area contributed by atoms with Crippen LogP contribution in [0.3, 0.4) is 0 Å². The molecule has 0 saturated carbocycles. The predicted octanol–water partition coefficient (Wildman–Crippen LogP) is 3.22. The molecule has 2 aromatic rings. The molecule has 0 aliphatic carbocycles. The molecular weight excluding hydrogens is 445 g/mol. The van der Waals surface area contributed by atoms with E-state index in [1.807, 2.05) is 6.07 Å². The van der Waals surface area contributed by atoms with Gasteiger partial charge in [-0.2, -0.15) is 0 Å². The fraction of sp³-hybridized carbons (Fsp3) is 0.536. The number of carbonyl (C=O) groups excluding carboxylic acids is 1. The minimum absolute atomic E-state index is 0.0657. The van der Waals surface area contributed by atoms with Crippen molar-refractivity contribution in [3.8, 4) is 5.75 Å². The first-order valence-electron chi connectivity index (χ1n) is 12.9. The molecule has 2 aromatic carbocycles. The predicted molar refractivity (Wildman–Crippen MR) is 135 cm³/mol. The summed E-state index contributed by atoms with van der Waals surface area (Å²) in [6, 6.07) is 16.7. The van der Waals surface area contributed by atoms with Gasteiger partial charge in [-0.25, -0.2) is 4.39 Å². The normalized spacial score (nSPS) is 21.5. The fourth-order valence-electron chi connectivity index (χ4n) is 4.98. The highest BCUT2D eigenvalue weighted by Gasteiger charge is 2.31. The van der Waals surface area contributed by atoms with Gasteiger partial charge in [0, 0.05) is 51.3 Å². The molecule has 2 atom stereocenters. The van der Waals surface area contributed by atoms with Crippen molar-refractivity contribution < 1.29 is 18.7 Å². The lowest BCUT2D eigenvalue weighted by atomic mass is 9.88. The van der Waals surface area contributed by atoms with Crippen molar-refractivity contribution in [3.63, 3.8) is 0 Å². The van der Waals surface area contributed by atoms with Gasteiger partial charge in [-0.3, -0.25) is 9.69 Å². The van der Waals surface area contributed by atoms with Gasteiger partial charge < -0.3 is 19.7 Å². The third-order valence-corrected chi connectivity index (χ3v) is 6.88. The summed E-state index contributed by atoms with van der Waals surface area (Å²) >= 11 is 0. The van der Waals surface area contributed by atoms with Crippen molar-refractivity contribution in [2.24, 2.45) is 11.8 Å². The van der Waals surface area contributed by atoms with E-state index < -0.39 is 0 Å². The number of morpholine rings is 1. The Morgan fingerprint density at radius 1 is 1.03 bits per heavy atom. The van der Waals surface area contributed by atoms with Gasteiger partial charge in [-0.15, -0.1) is 0 Å². The van der Waals surface area contributed by atoms with Crippen LogP contribution in [0.2, 0.25) is 0 Å². The number of rotatable bonds is 11. The number of carbonyl (C=O) groups is 1. The molecule has 2 aliphatic rings. The van der Waals surface area contributed by atoms with E-state index in [0.29, 0.717) is 18.9 Å². The first-order valence-corrected chi connectivity index (χ1v) is 12.9. The average molecular weight is 484 g/mol. The summed E-state index contributed by atoms with van der Waals surface area (Å²) in [6.45, 7) is 8.25. The minimum Gasteiger partial charge on any atom is -0.493 e. The number of nitrogens with one attached hydrogen (secondary N) is 1. The van der Waals surface area contributed by atoms with Crippen molar-refractivity contribution in [1.82, 2.24) is 15.1 Å². The molecule has 0 aromatic heterocycles. The quantitative estimate of drug-likeness (QED) is 0.498. The van der Waals surface area contributed by atoms with E-state index in [-0.39, 0.29) is 23.6 Å². The Kier molecular flexibility index (Phi) is 9.93. The molecule has 190 valence electrons. The van der Waals surface area contributed by atoms with Crippen LogP contribution in [-0.2, 0) is 16.0 Å². The molecule has 6 nitrogen and oxygen atoms in total. The number of nitrogens with zero attached hydrogens (tertiary/aromatic N) is 2. The zero-order chi connectivity index (χ0) is 24.3. The van der Waals surface area contributed by atoms with E-state index in [0.717, 1.165) is 71.7 Å². The summed E-state index contributed by atoms with van der Waals surface area (Å²) < 4.78 is 24.9. The van der Waals surface area contributed by atoms with E-state index in [1.165, 1.54) is 17.7 Å². The highest BCUT2D eigenvalue weighted by atomic mass is 19.1. The first-order chi connectivity index (χ1) is 17.2. The molecule has 0 unspecified atom stereocenters. The highest BCUT2D eigenvalue weighted by molar-refractivity contribution is 5.79. The van der Waals surface area contributed by atoms with Gasteiger partial charge in [0.1, 0.15) is 11.6 Å². The monoisotopic (exact) mass is 483 g/mol. The standard InChI is InChI=1S/C28H38FN3O3/c29-26-8-4-9-27(19-26)35-22-24-18-25(21-32(20-24)13-10-23-6-2-1-3-7-23)28(33)30-11-5-12-31-14-16-34-17-15-31/h1-4,6-9,19,24-25H,5,10-18,20-22H2,(H,30,33)/t24-,25+/m0/s1. The Balaban J connectivity index is 1.28.